The van der Waals surface area contributed by atoms with Gasteiger partial charge in [-0.05, 0) is 24.8 Å². The Morgan fingerprint density at radius 1 is 1.40 bits per heavy atom. The minimum atomic E-state index is -0.876. The fraction of sp³-hybridized carbons (Fsp3) is 0.417. The molecule has 0 spiro atoms. The van der Waals surface area contributed by atoms with E-state index in [-0.39, 0.29) is 5.91 Å². The van der Waals surface area contributed by atoms with Crippen LogP contribution in [0, 0.1) is 0 Å². The summed E-state index contributed by atoms with van der Waals surface area (Å²) in [5.74, 6) is -0.303. The normalized spacial score (nSPS) is 12.1. The van der Waals surface area contributed by atoms with Gasteiger partial charge in [0.05, 0.1) is 0 Å². The number of hydrogen-bond acceptors (Lipinski definition) is 2. The second-order valence-electron chi connectivity index (χ2n) is 3.51. The standard InChI is InChI=1S/C12H17NO2/c1-13-12(15)11(14)9-5-8-10-6-3-2-4-7-10/h2-4,6-7,11,14H,5,8-9H2,1H3,(H,13,15)/t11-/m0/s1. The van der Waals surface area contributed by atoms with E-state index in [9.17, 15) is 9.90 Å². The summed E-state index contributed by atoms with van der Waals surface area (Å²) in [6, 6.07) is 10.1. The highest BCUT2D eigenvalue weighted by Gasteiger charge is 2.11. The fourth-order valence-corrected chi connectivity index (χ4v) is 1.44. The molecule has 0 aliphatic rings. The molecule has 0 saturated carbocycles. The van der Waals surface area contributed by atoms with Crippen LogP contribution in [0.5, 0.6) is 0 Å². The minimum Gasteiger partial charge on any atom is -0.383 e. The third-order valence-electron chi connectivity index (χ3n) is 2.33. The first kappa shape index (κ1) is 11.7. The van der Waals surface area contributed by atoms with Crippen LogP contribution in [0.4, 0.5) is 0 Å². The van der Waals surface area contributed by atoms with E-state index in [2.05, 4.69) is 5.32 Å². The molecule has 0 bridgehead atoms. The van der Waals surface area contributed by atoms with Crippen molar-refractivity contribution in [3.8, 4) is 0 Å². The van der Waals surface area contributed by atoms with Crippen molar-refractivity contribution < 1.29 is 9.90 Å². The molecule has 3 nitrogen and oxygen atoms in total. The highest BCUT2D eigenvalue weighted by Crippen LogP contribution is 2.06. The maximum Gasteiger partial charge on any atom is 0.248 e. The van der Waals surface area contributed by atoms with Crippen molar-refractivity contribution >= 4 is 5.91 Å². The second-order valence-corrected chi connectivity index (χ2v) is 3.51. The van der Waals surface area contributed by atoms with Gasteiger partial charge in [-0.3, -0.25) is 4.79 Å². The first-order chi connectivity index (χ1) is 7.24. The summed E-state index contributed by atoms with van der Waals surface area (Å²) in [6.45, 7) is 0. The first-order valence-corrected chi connectivity index (χ1v) is 5.17. The molecule has 1 amide bonds. The van der Waals surface area contributed by atoms with Crippen LogP contribution in [0.15, 0.2) is 30.3 Å². The quantitative estimate of drug-likeness (QED) is 0.760. The number of nitrogens with one attached hydrogen (secondary N) is 1. The summed E-state index contributed by atoms with van der Waals surface area (Å²) in [5.41, 5.74) is 1.24. The van der Waals surface area contributed by atoms with E-state index in [1.54, 1.807) is 0 Å². The van der Waals surface area contributed by atoms with E-state index in [1.165, 1.54) is 12.6 Å². The molecule has 1 atom stereocenters. The van der Waals surface area contributed by atoms with Crippen LogP contribution in [-0.4, -0.2) is 24.2 Å². The van der Waals surface area contributed by atoms with Crippen LogP contribution in [0.2, 0.25) is 0 Å². The predicted octanol–water partition coefficient (Wildman–Crippen LogP) is 1.12. The van der Waals surface area contributed by atoms with Crippen molar-refractivity contribution in [3.63, 3.8) is 0 Å². The first-order valence-electron chi connectivity index (χ1n) is 5.17. The lowest BCUT2D eigenvalue weighted by Crippen LogP contribution is -2.31. The number of carbonyl (C=O) groups excluding carboxylic acids is 1. The highest BCUT2D eigenvalue weighted by molar-refractivity contribution is 5.79. The summed E-state index contributed by atoms with van der Waals surface area (Å²) in [7, 11) is 1.53. The average molecular weight is 207 g/mol. The van der Waals surface area contributed by atoms with E-state index in [1.807, 2.05) is 30.3 Å². The van der Waals surface area contributed by atoms with E-state index in [0.717, 1.165) is 12.8 Å². The molecule has 3 heteroatoms. The van der Waals surface area contributed by atoms with Gasteiger partial charge in [-0.1, -0.05) is 30.3 Å². The smallest absolute Gasteiger partial charge is 0.248 e. The molecule has 1 aromatic rings. The van der Waals surface area contributed by atoms with Gasteiger partial charge in [0, 0.05) is 7.05 Å². The number of benzene rings is 1. The van der Waals surface area contributed by atoms with E-state index in [0.29, 0.717) is 6.42 Å². The van der Waals surface area contributed by atoms with Gasteiger partial charge in [0.2, 0.25) is 5.91 Å². The van der Waals surface area contributed by atoms with Crippen molar-refractivity contribution in [1.29, 1.82) is 0 Å². The molecular formula is C12H17NO2. The zero-order valence-corrected chi connectivity index (χ0v) is 8.94. The Labute approximate surface area is 90.1 Å². The topological polar surface area (TPSA) is 49.3 Å². The number of amides is 1. The van der Waals surface area contributed by atoms with Gasteiger partial charge >= 0.3 is 0 Å². The Kier molecular flexibility index (Phi) is 4.84. The summed E-state index contributed by atoms with van der Waals surface area (Å²) in [6.07, 6.45) is 1.35. The van der Waals surface area contributed by atoms with Gasteiger partial charge in [-0.2, -0.15) is 0 Å². The van der Waals surface area contributed by atoms with E-state index >= 15 is 0 Å². The molecule has 0 radical (unpaired) electrons. The zero-order valence-electron chi connectivity index (χ0n) is 8.94. The molecule has 2 N–H and O–H groups in total. The highest BCUT2D eigenvalue weighted by atomic mass is 16.3. The summed E-state index contributed by atoms with van der Waals surface area (Å²) in [5, 5.41) is 11.8. The molecule has 0 unspecified atom stereocenters. The maximum absolute atomic E-state index is 11.0. The molecular weight excluding hydrogens is 190 g/mol. The molecule has 1 rings (SSSR count). The van der Waals surface area contributed by atoms with Crippen LogP contribution in [0.1, 0.15) is 18.4 Å². The molecule has 82 valence electrons. The van der Waals surface area contributed by atoms with Gasteiger partial charge in [0.25, 0.3) is 0 Å². The number of rotatable bonds is 5. The zero-order chi connectivity index (χ0) is 11.1. The molecule has 1 aromatic carbocycles. The Balaban J connectivity index is 2.25. The van der Waals surface area contributed by atoms with Crippen molar-refractivity contribution in [1.82, 2.24) is 5.32 Å². The molecule has 0 aliphatic carbocycles. The van der Waals surface area contributed by atoms with Crippen molar-refractivity contribution in [3.05, 3.63) is 35.9 Å². The minimum absolute atomic E-state index is 0.303. The average Bonchev–Trinajstić information content (AvgIpc) is 2.29. The molecule has 0 aromatic heterocycles. The lowest BCUT2D eigenvalue weighted by atomic mass is 10.1. The van der Waals surface area contributed by atoms with Crippen molar-refractivity contribution in [2.24, 2.45) is 0 Å². The third-order valence-corrected chi connectivity index (χ3v) is 2.33. The Morgan fingerprint density at radius 3 is 2.67 bits per heavy atom. The Morgan fingerprint density at radius 2 is 2.07 bits per heavy atom. The van der Waals surface area contributed by atoms with Crippen molar-refractivity contribution in [2.75, 3.05) is 7.05 Å². The van der Waals surface area contributed by atoms with Crippen molar-refractivity contribution in [2.45, 2.75) is 25.4 Å². The third kappa shape index (κ3) is 4.13. The van der Waals surface area contributed by atoms with Gasteiger partial charge in [0.15, 0.2) is 0 Å². The molecule has 0 heterocycles. The number of aliphatic hydroxyl groups is 1. The van der Waals surface area contributed by atoms with Gasteiger partial charge in [0.1, 0.15) is 6.10 Å². The van der Waals surface area contributed by atoms with E-state index < -0.39 is 6.10 Å². The Hall–Kier alpha value is -1.35. The number of likely N-dealkylation sites (N-methyl/N-ethyl adjacent to an activating group) is 1. The summed E-state index contributed by atoms with van der Waals surface area (Å²) < 4.78 is 0. The van der Waals surface area contributed by atoms with E-state index in [4.69, 9.17) is 0 Å². The molecule has 0 fully saturated rings. The lowest BCUT2D eigenvalue weighted by molar-refractivity contribution is -0.129. The van der Waals surface area contributed by atoms with Gasteiger partial charge < -0.3 is 10.4 Å². The van der Waals surface area contributed by atoms with Crippen LogP contribution < -0.4 is 5.32 Å². The maximum atomic E-state index is 11.0. The van der Waals surface area contributed by atoms with Crippen LogP contribution in [-0.2, 0) is 11.2 Å². The van der Waals surface area contributed by atoms with Crippen LogP contribution >= 0.6 is 0 Å². The van der Waals surface area contributed by atoms with Crippen LogP contribution in [0.25, 0.3) is 0 Å². The second kappa shape index (κ2) is 6.19. The summed E-state index contributed by atoms with van der Waals surface area (Å²) in [4.78, 5) is 11.0. The fourth-order valence-electron chi connectivity index (χ4n) is 1.44. The number of hydrogen-bond donors (Lipinski definition) is 2. The van der Waals surface area contributed by atoms with Gasteiger partial charge in [-0.25, -0.2) is 0 Å². The predicted molar refractivity (Wildman–Crippen MR) is 59.5 cm³/mol. The largest absolute Gasteiger partial charge is 0.383 e. The number of carbonyl (C=O) groups is 1. The summed E-state index contributed by atoms with van der Waals surface area (Å²) >= 11 is 0. The molecule has 15 heavy (non-hydrogen) atoms. The van der Waals surface area contributed by atoms with Gasteiger partial charge in [-0.15, -0.1) is 0 Å². The SMILES string of the molecule is CNC(=O)[C@@H](O)CCCc1ccccc1. The molecule has 0 saturated heterocycles. The molecule has 0 aliphatic heterocycles. The lowest BCUT2D eigenvalue weighted by Gasteiger charge is -2.08. The Bertz CT molecular complexity index is 298. The van der Waals surface area contributed by atoms with Crippen LogP contribution in [0.3, 0.4) is 0 Å². The monoisotopic (exact) mass is 207 g/mol. The number of aliphatic hydroxyl groups excluding tert-OH is 1. The number of aryl methyl sites for hydroxylation is 1.